The summed E-state index contributed by atoms with van der Waals surface area (Å²) in [6.45, 7) is -4.43. The average molecular weight is 1650 g/mol. The number of carboxylic acids is 1. The number of aliphatic carboxylic acids is 1. The molecule has 18 atom stereocenters. The van der Waals surface area contributed by atoms with Gasteiger partial charge >= 0.3 is 5.97 Å². The number of hydrogen-bond acceptors (Lipinski definition) is 26. The van der Waals surface area contributed by atoms with Gasteiger partial charge in [0.25, 0.3) is 0 Å². The Hall–Kier alpha value is -9.86. The van der Waals surface area contributed by atoms with Gasteiger partial charge < -0.3 is 133 Å². The Balaban J connectivity index is 0.627. The number of hydrogen-bond donors (Lipinski definition) is 16. The Kier molecular flexibility index (Phi) is 29.4. The third kappa shape index (κ3) is 20.6. The van der Waals surface area contributed by atoms with Gasteiger partial charge in [0.15, 0.2) is 0 Å². The van der Waals surface area contributed by atoms with Crippen LogP contribution in [-0.4, -0.2) is 418 Å². The van der Waals surface area contributed by atoms with Crippen LogP contribution in [-0.2, 0) is 86.3 Å². The van der Waals surface area contributed by atoms with Crippen molar-refractivity contribution in [2.75, 3.05) is 118 Å². The largest absolute Gasteiger partial charge is 0.480 e. The van der Waals surface area contributed by atoms with E-state index in [4.69, 9.17) is 10.8 Å². The maximum absolute atomic E-state index is 14.5. The first-order chi connectivity index (χ1) is 55.8. The number of nitrogens with zero attached hydrogens (tertiary/aromatic N) is 10. The molecule has 11 heterocycles. The van der Waals surface area contributed by atoms with Crippen molar-refractivity contribution in [2.45, 2.75) is 231 Å². The molecule has 11 fully saturated rings. The molecule has 44 nitrogen and oxygen atoms in total. The number of rotatable bonds is 29. The van der Waals surface area contributed by atoms with Crippen molar-refractivity contribution in [2.24, 2.45) is 5.73 Å². The van der Waals surface area contributed by atoms with Crippen LogP contribution in [0.3, 0.4) is 0 Å². The highest BCUT2D eigenvalue weighted by Crippen LogP contribution is 2.32. The molecular weight excluding hydrogens is 1540 g/mol. The molecule has 646 valence electrons. The predicted octanol–water partition coefficient (Wildman–Crippen LogP) is -12.1. The van der Waals surface area contributed by atoms with Crippen molar-refractivity contribution in [3.8, 4) is 0 Å². The lowest BCUT2D eigenvalue weighted by atomic mass is 10.1. The van der Waals surface area contributed by atoms with E-state index in [1.807, 2.05) is 0 Å². The summed E-state index contributed by atoms with van der Waals surface area (Å²) in [5, 5.41) is 93.5. The van der Waals surface area contributed by atoms with E-state index in [2.05, 4.69) is 42.5 Å². The number of nitrogens with two attached hydrogens (primary N) is 1. The Labute approximate surface area is 672 Å². The molecule has 0 aromatic heterocycles. The zero-order valence-electron chi connectivity index (χ0n) is 65.1. The SMILES string of the molecule is NCCCC[C@H](NC(=O)CNC(=O)[C@@H]1C[C@@H](O)CN1C(=O)[C@@H]1CCCN1C(=O)CNC(=O)[C@@H]1C[C@@H](O)CN1C(=O)[C@@H]1CCCN1C(=O)CNC(=O)[C@@H]1C[C@@H](O)CN1C(=O)[C@@H]1CCCN1)C(=O)N1C[C@H](O)C[C@H]1C(=O)NCC(=O)N1CCC[C@H]1C(=O)N1C[C@H](O)C[C@H]1C(=O)NCC(=O)N1CCC[C@H]1C(=O)N1C[C@H](O)C[C@H]1C(=O)NCC(=O)O. The Morgan fingerprint density at radius 2 is 0.615 bits per heavy atom. The predicted molar refractivity (Wildman–Crippen MR) is 397 cm³/mol. The summed E-state index contributed by atoms with van der Waals surface area (Å²) < 4.78 is 0. The van der Waals surface area contributed by atoms with Crippen LogP contribution in [0.5, 0.6) is 0 Å². The first-order valence-electron chi connectivity index (χ1n) is 40.5. The molecule has 0 spiro atoms. The second-order valence-corrected chi connectivity index (χ2v) is 32.1. The molecule has 0 saturated carbocycles. The number of carboxylic acid groups (broad SMARTS) is 1. The Bertz CT molecular complexity index is 3820. The van der Waals surface area contributed by atoms with Crippen LogP contribution in [0.15, 0.2) is 0 Å². The van der Waals surface area contributed by atoms with Crippen molar-refractivity contribution >= 4 is 106 Å². The van der Waals surface area contributed by atoms with Gasteiger partial charge in [0.05, 0.1) is 75.4 Å². The summed E-state index contributed by atoms with van der Waals surface area (Å²) in [4.78, 5) is 258. The van der Waals surface area contributed by atoms with E-state index in [0.29, 0.717) is 45.1 Å². The van der Waals surface area contributed by atoms with E-state index in [9.17, 15) is 117 Å². The van der Waals surface area contributed by atoms with E-state index in [0.717, 1.165) is 30.9 Å². The average Bonchev–Trinajstić information content (AvgIpc) is 1.67. The quantitative estimate of drug-likeness (QED) is 0.0309. The molecule has 44 heteroatoms. The number of unbranched alkanes of at least 4 members (excludes halogenated alkanes) is 1. The third-order valence-corrected chi connectivity index (χ3v) is 24.1. The number of amides is 17. The Morgan fingerprint density at radius 1 is 0.333 bits per heavy atom. The molecule has 11 rings (SSSR count). The number of aliphatic hydroxyl groups is 6. The van der Waals surface area contributed by atoms with Crippen LogP contribution >= 0.6 is 0 Å². The van der Waals surface area contributed by atoms with Crippen LogP contribution in [0.25, 0.3) is 0 Å². The number of carbonyl (C=O) groups is 18. The van der Waals surface area contributed by atoms with Crippen molar-refractivity contribution in [1.29, 1.82) is 0 Å². The number of carbonyl (C=O) groups excluding carboxylic acids is 17. The minimum Gasteiger partial charge on any atom is -0.480 e. The first-order valence-corrected chi connectivity index (χ1v) is 40.5. The van der Waals surface area contributed by atoms with Gasteiger partial charge in [-0.2, -0.15) is 0 Å². The molecule has 11 saturated heterocycles. The van der Waals surface area contributed by atoms with Gasteiger partial charge in [-0.1, -0.05) is 0 Å². The van der Waals surface area contributed by atoms with Gasteiger partial charge in [0.1, 0.15) is 73.0 Å². The third-order valence-electron chi connectivity index (χ3n) is 24.1. The van der Waals surface area contributed by atoms with Crippen molar-refractivity contribution in [1.82, 2.24) is 91.5 Å². The van der Waals surface area contributed by atoms with Gasteiger partial charge in [-0.25, -0.2) is 0 Å². The summed E-state index contributed by atoms with van der Waals surface area (Å²) in [6, 6.07) is -13.9. The molecule has 11 aliphatic heterocycles. The van der Waals surface area contributed by atoms with E-state index < -0.39 is 249 Å². The molecule has 117 heavy (non-hydrogen) atoms. The fraction of sp³-hybridized carbons (Fsp3) is 0.753. The lowest BCUT2D eigenvalue weighted by Gasteiger charge is -2.32. The van der Waals surface area contributed by atoms with Crippen LogP contribution in [0.4, 0.5) is 0 Å². The van der Waals surface area contributed by atoms with Crippen LogP contribution in [0, 0.1) is 0 Å². The van der Waals surface area contributed by atoms with Crippen molar-refractivity contribution in [3.63, 3.8) is 0 Å². The zero-order chi connectivity index (χ0) is 84.4. The first kappa shape index (κ1) is 88.0. The lowest BCUT2D eigenvalue weighted by molar-refractivity contribution is -0.148. The van der Waals surface area contributed by atoms with Gasteiger partial charge in [-0.15, -0.1) is 0 Å². The molecule has 17 N–H and O–H groups in total. The van der Waals surface area contributed by atoms with E-state index in [-0.39, 0.29) is 155 Å². The van der Waals surface area contributed by atoms with Crippen LogP contribution in [0.2, 0.25) is 0 Å². The number of aliphatic hydroxyl groups excluding tert-OH is 6. The number of likely N-dealkylation sites (tertiary alicyclic amines) is 10. The molecule has 0 aromatic carbocycles. The minimum atomic E-state index is -1.38. The highest BCUT2D eigenvalue weighted by molar-refractivity contribution is 6.01. The van der Waals surface area contributed by atoms with Gasteiger partial charge in [0.2, 0.25) is 100 Å². The fourth-order valence-corrected chi connectivity index (χ4v) is 18.3. The highest BCUT2D eigenvalue weighted by atomic mass is 16.4. The van der Waals surface area contributed by atoms with Crippen molar-refractivity contribution < 1.29 is 122 Å². The maximum Gasteiger partial charge on any atom is 0.322 e. The fourth-order valence-electron chi connectivity index (χ4n) is 18.3. The minimum absolute atomic E-state index is 0.0249. The molecule has 0 aromatic rings. The highest BCUT2D eigenvalue weighted by Gasteiger charge is 2.52. The summed E-state index contributed by atoms with van der Waals surface area (Å²) in [5.74, 6) is -13.6. The second-order valence-electron chi connectivity index (χ2n) is 32.1. The summed E-state index contributed by atoms with van der Waals surface area (Å²) in [5.41, 5.74) is 5.77. The monoisotopic (exact) mass is 1650 g/mol. The van der Waals surface area contributed by atoms with E-state index >= 15 is 0 Å². The molecule has 11 aliphatic rings. The van der Waals surface area contributed by atoms with Crippen LogP contribution < -0.4 is 48.3 Å². The topological polar surface area (TPSA) is 604 Å². The summed E-state index contributed by atoms with van der Waals surface area (Å²) in [7, 11) is 0. The molecule has 0 radical (unpaired) electrons. The normalized spacial score (nSPS) is 29.8. The van der Waals surface area contributed by atoms with E-state index in [1.165, 1.54) is 24.5 Å². The number of β-amino-alcohol motifs (C(OH)–C–C–N with tert-alkyl or cyclic N) is 6. The Morgan fingerprint density at radius 3 is 0.906 bits per heavy atom. The van der Waals surface area contributed by atoms with Gasteiger partial charge in [-0.05, 0) is 96.6 Å². The lowest BCUT2D eigenvalue weighted by Crippen LogP contribution is -2.57. The van der Waals surface area contributed by atoms with Crippen molar-refractivity contribution in [3.05, 3.63) is 0 Å². The van der Waals surface area contributed by atoms with Crippen LogP contribution in [0.1, 0.15) is 122 Å². The molecule has 0 bridgehead atoms. The van der Waals surface area contributed by atoms with E-state index in [1.54, 1.807) is 0 Å². The number of nitrogens with one attached hydrogen (secondary N) is 8. The summed E-state index contributed by atoms with van der Waals surface area (Å²) in [6.07, 6.45) is -3.98. The standard InChI is InChI=1S/C73H109N19O25/c74-14-2-1-8-45(69(113)88-33-39(94)21-51(88)64(108)78-28-58(101)85-18-6-12-48(85)72(116)91-36-42(97)24-54(91)66(110)80-30-60(103)86-19-7-13-49(86)73(117)92-37-43(98)25-55(92)67(111)81-31-61(104)105)82-56(99)26-76-62(106)52-22-40(95)34-89(52)70(114)46-10-4-16-83(46)59(102)29-79-65(109)53-23-41(96)35-90(53)71(115)47-11-5-17-84(47)57(100)27-77-63(107)50-20-38(93)32-87(50)68(112)44-9-3-15-75-44/h38-55,75,93-98H,1-37,74H2,(H,76,106)(H,77,107)(H,78,108)(H,79,109)(H,80,110)(H,81,111)(H,82,99)(H,104,105)/t38-,39-,40-,41-,42-,43-,44+,45+,46+,47+,48+,49+,50+,51+,52+,53+,54+,55+/m1/s1. The smallest absolute Gasteiger partial charge is 0.322 e. The molecule has 0 unspecified atom stereocenters. The summed E-state index contributed by atoms with van der Waals surface area (Å²) >= 11 is 0. The van der Waals surface area contributed by atoms with Gasteiger partial charge in [-0.3, -0.25) is 86.3 Å². The molecule has 0 aliphatic carbocycles. The maximum atomic E-state index is 14.5. The molecular formula is C73H109N19O25. The van der Waals surface area contributed by atoms with Gasteiger partial charge in [0, 0.05) is 104 Å². The zero-order valence-corrected chi connectivity index (χ0v) is 65.1. The molecule has 17 amide bonds. The second kappa shape index (κ2) is 39.1.